The normalized spacial score (nSPS) is 25.7. The maximum atomic E-state index is 11.8. The van der Waals surface area contributed by atoms with E-state index in [1.807, 2.05) is 0 Å². The Morgan fingerprint density at radius 1 is 1.30 bits per heavy atom. The first-order valence-corrected chi connectivity index (χ1v) is 7.65. The summed E-state index contributed by atoms with van der Waals surface area (Å²) in [5.74, 6) is 0.418. The number of carbonyl (C=O) groups is 1. The van der Waals surface area contributed by atoms with E-state index in [-0.39, 0.29) is 24.2 Å². The standard InChI is InChI=1S/C15H30N2O3/c1-11(2)10-19-14(5)15(18)16-6-7-17-8-12(3)20-13(4)9-17/h11-14H,6-10H2,1-5H3,(H,16,18)/t12-,13-,14-/m1/s1. The molecule has 1 aliphatic heterocycles. The second-order valence-electron chi connectivity index (χ2n) is 6.18. The fourth-order valence-corrected chi connectivity index (χ4v) is 2.36. The molecule has 1 N–H and O–H groups in total. The first-order valence-electron chi connectivity index (χ1n) is 7.65. The summed E-state index contributed by atoms with van der Waals surface area (Å²) in [5.41, 5.74) is 0. The predicted molar refractivity (Wildman–Crippen MR) is 79.7 cm³/mol. The molecule has 0 spiro atoms. The number of rotatable bonds is 7. The Morgan fingerprint density at radius 2 is 1.90 bits per heavy atom. The van der Waals surface area contributed by atoms with Crippen LogP contribution >= 0.6 is 0 Å². The van der Waals surface area contributed by atoms with Gasteiger partial charge in [-0.3, -0.25) is 9.69 Å². The third-order valence-corrected chi connectivity index (χ3v) is 3.27. The van der Waals surface area contributed by atoms with Gasteiger partial charge in [0, 0.05) is 32.8 Å². The van der Waals surface area contributed by atoms with Crippen LogP contribution in [0.3, 0.4) is 0 Å². The van der Waals surface area contributed by atoms with Crippen LogP contribution in [0.4, 0.5) is 0 Å². The molecule has 0 radical (unpaired) electrons. The van der Waals surface area contributed by atoms with Gasteiger partial charge < -0.3 is 14.8 Å². The number of nitrogens with zero attached hydrogens (tertiary/aromatic N) is 1. The zero-order valence-electron chi connectivity index (χ0n) is 13.5. The lowest BCUT2D eigenvalue weighted by atomic mass is 10.2. The maximum Gasteiger partial charge on any atom is 0.248 e. The molecule has 0 aliphatic carbocycles. The summed E-state index contributed by atoms with van der Waals surface area (Å²) in [6.45, 7) is 14.1. The van der Waals surface area contributed by atoms with Gasteiger partial charge in [0.15, 0.2) is 0 Å². The van der Waals surface area contributed by atoms with Crippen molar-refractivity contribution < 1.29 is 14.3 Å². The first-order chi connectivity index (χ1) is 9.38. The third-order valence-electron chi connectivity index (χ3n) is 3.27. The second kappa shape index (κ2) is 8.60. The number of morpholine rings is 1. The quantitative estimate of drug-likeness (QED) is 0.766. The molecule has 5 heteroatoms. The number of hydrogen-bond acceptors (Lipinski definition) is 4. The molecule has 5 nitrogen and oxygen atoms in total. The van der Waals surface area contributed by atoms with Gasteiger partial charge in [0.1, 0.15) is 6.10 Å². The first kappa shape index (κ1) is 17.4. The molecule has 0 aromatic carbocycles. The van der Waals surface area contributed by atoms with Gasteiger partial charge in [0.05, 0.1) is 12.2 Å². The molecular formula is C15H30N2O3. The van der Waals surface area contributed by atoms with E-state index in [0.29, 0.717) is 19.1 Å². The third kappa shape index (κ3) is 6.68. The van der Waals surface area contributed by atoms with Crippen LogP contribution in [0.25, 0.3) is 0 Å². The molecule has 1 fully saturated rings. The number of nitrogens with one attached hydrogen (secondary N) is 1. The van der Waals surface area contributed by atoms with Crippen molar-refractivity contribution in [3.8, 4) is 0 Å². The molecule has 3 atom stereocenters. The minimum Gasteiger partial charge on any atom is -0.373 e. The predicted octanol–water partition coefficient (Wildman–Crippen LogP) is 1.27. The largest absolute Gasteiger partial charge is 0.373 e. The molecule has 0 aromatic heterocycles. The van der Waals surface area contributed by atoms with Gasteiger partial charge in [-0.2, -0.15) is 0 Å². The zero-order chi connectivity index (χ0) is 15.1. The highest BCUT2D eigenvalue weighted by Crippen LogP contribution is 2.09. The van der Waals surface area contributed by atoms with Crippen molar-refractivity contribution in [2.45, 2.75) is 52.9 Å². The molecular weight excluding hydrogens is 256 g/mol. The lowest BCUT2D eigenvalue weighted by molar-refractivity contribution is -0.132. The van der Waals surface area contributed by atoms with Crippen LogP contribution in [0.5, 0.6) is 0 Å². The van der Waals surface area contributed by atoms with Crippen LogP contribution in [0.15, 0.2) is 0 Å². The number of carbonyl (C=O) groups excluding carboxylic acids is 1. The minimum absolute atomic E-state index is 0.0278. The number of amides is 1. The second-order valence-corrected chi connectivity index (χ2v) is 6.18. The van der Waals surface area contributed by atoms with E-state index in [1.165, 1.54) is 0 Å². The lowest BCUT2D eigenvalue weighted by Crippen LogP contribution is -2.48. The van der Waals surface area contributed by atoms with Crippen molar-refractivity contribution in [2.24, 2.45) is 5.92 Å². The fraction of sp³-hybridized carbons (Fsp3) is 0.933. The van der Waals surface area contributed by atoms with Gasteiger partial charge in [-0.1, -0.05) is 13.8 Å². The Hall–Kier alpha value is -0.650. The Morgan fingerprint density at radius 3 is 2.45 bits per heavy atom. The maximum absolute atomic E-state index is 11.8. The Balaban J connectivity index is 2.18. The van der Waals surface area contributed by atoms with E-state index in [4.69, 9.17) is 9.47 Å². The molecule has 0 aromatic rings. The van der Waals surface area contributed by atoms with E-state index in [2.05, 4.69) is 37.9 Å². The van der Waals surface area contributed by atoms with E-state index < -0.39 is 0 Å². The summed E-state index contributed by atoms with van der Waals surface area (Å²) in [7, 11) is 0. The molecule has 0 bridgehead atoms. The molecule has 0 saturated carbocycles. The SMILES string of the molecule is CC(C)CO[C@H](C)C(=O)NCCN1C[C@@H](C)O[C@H](C)C1. The molecule has 1 heterocycles. The summed E-state index contributed by atoms with van der Waals surface area (Å²) >= 11 is 0. The Bertz CT molecular complexity index is 287. The van der Waals surface area contributed by atoms with E-state index in [0.717, 1.165) is 19.6 Å². The van der Waals surface area contributed by atoms with Gasteiger partial charge in [-0.15, -0.1) is 0 Å². The summed E-state index contributed by atoms with van der Waals surface area (Å²) in [6.07, 6.45) is 0.158. The van der Waals surface area contributed by atoms with Crippen LogP contribution in [-0.2, 0) is 14.3 Å². The number of hydrogen-bond donors (Lipinski definition) is 1. The van der Waals surface area contributed by atoms with Gasteiger partial charge in [-0.25, -0.2) is 0 Å². The molecule has 118 valence electrons. The average Bonchev–Trinajstić information content (AvgIpc) is 2.34. The number of ether oxygens (including phenoxy) is 2. The molecule has 1 amide bonds. The summed E-state index contributed by atoms with van der Waals surface area (Å²) in [5, 5.41) is 2.94. The molecule has 20 heavy (non-hydrogen) atoms. The Labute approximate surface area is 123 Å². The van der Waals surface area contributed by atoms with Crippen molar-refractivity contribution in [2.75, 3.05) is 32.8 Å². The van der Waals surface area contributed by atoms with Gasteiger partial charge in [-0.05, 0) is 26.7 Å². The monoisotopic (exact) mass is 286 g/mol. The van der Waals surface area contributed by atoms with E-state index >= 15 is 0 Å². The van der Waals surface area contributed by atoms with Crippen molar-refractivity contribution in [3.63, 3.8) is 0 Å². The molecule has 1 aliphatic rings. The van der Waals surface area contributed by atoms with Crippen molar-refractivity contribution in [1.82, 2.24) is 10.2 Å². The average molecular weight is 286 g/mol. The Kier molecular flexibility index (Phi) is 7.48. The summed E-state index contributed by atoms with van der Waals surface area (Å²) in [4.78, 5) is 14.2. The minimum atomic E-state index is -0.375. The molecule has 1 saturated heterocycles. The highest BCUT2D eigenvalue weighted by molar-refractivity contribution is 5.80. The summed E-state index contributed by atoms with van der Waals surface area (Å²) in [6, 6.07) is 0. The van der Waals surface area contributed by atoms with Crippen LogP contribution < -0.4 is 5.32 Å². The van der Waals surface area contributed by atoms with Crippen LogP contribution in [0.1, 0.15) is 34.6 Å². The summed E-state index contributed by atoms with van der Waals surface area (Å²) < 4.78 is 11.2. The van der Waals surface area contributed by atoms with Gasteiger partial charge in [0.25, 0.3) is 0 Å². The lowest BCUT2D eigenvalue weighted by Gasteiger charge is -2.35. The molecule has 1 rings (SSSR count). The van der Waals surface area contributed by atoms with Gasteiger partial charge in [0.2, 0.25) is 5.91 Å². The van der Waals surface area contributed by atoms with E-state index in [9.17, 15) is 4.79 Å². The van der Waals surface area contributed by atoms with Crippen LogP contribution in [0.2, 0.25) is 0 Å². The van der Waals surface area contributed by atoms with E-state index in [1.54, 1.807) is 6.92 Å². The van der Waals surface area contributed by atoms with Crippen molar-refractivity contribution in [1.29, 1.82) is 0 Å². The smallest absolute Gasteiger partial charge is 0.248 e. The fourth-order valence-electron chi connectivity index (χ4n) is 2.36. The van der Waals surface area contributed by atoms with Crippen LogP contribution in [0, 0.1) is 5.92 Å². The molecule has 0 unspecified atom stereocenters. The highest BCUT2D eigenvalue weighted by Gasteiger charge is 2.22. The van der Waals surface area contributed by atoms with Gasteiger partial charge >= 0.3 is 0 Å². The van der Waals surface area contributed by atoms with Crippen molar-refractivity contribution >= 4 is 5.91 Å². The zero-order valence-corrected chi connectivity index (χ0v) is 13.5. The van der Waals surface area contributed by atoms with Crippen molar-refractivity contribution in [3.05, 3.63) is 0 Å². The topological polar surface area (TPSA) is 50.8 Å². The highest BCUT2D eigenvalue weighted by atomic mass is 16.5. The van der Waals surface area contributed by atoms with Crippen LogP contribution in [-0.4, -0.2) is 61.9 Å².